The van der Waals surface area contributed by atoms with Gasteiger partial charge in [0.25, 0.3) is 5.91 Å². The lowest BCUT2D eigenvalue weighted by Gasteiger charge is -2.27. The van der Waals surface area contributed by atoms with E-state index in [0.29, 0.717) is 31.9 Å². The molecule has 1 aliphatic heterocycles. The van der Waals surface area contributed by atoms with Gasteiger partial charge in [-0.25, -0.2) is 9.97 Å². The van der Waals surface area contributed by atoms with Crippen LogP contribution in [0.3, 0.4) is 0 Å². The number of nitrogens with one attached hydrogen (secondary N) is 1. The van der Waals surface area contributed by atoms with E-state index in [4.69, 9.17) is 9.15 Å². The van der Waals surface area contributed by atoms with Gasteiger partial charge in [0.05, 0.1) is 19.5 Å². The Labute approximate surface area is 161 Å². The third-order valence-electron chi connectivity index (χ3n) is 4.30. The monoisotopic (exact) mass is 384 g/mol. The van der Waals surface area contributed by atoms with E-state index < -0.39 is 0 Å². The third kappa shape index (κ3) is 4.35. The van der Waals surface area contributed by atoms with Gasteiger partial charge >= 0.3 is 0 Å². The molecule has 0 aromatic carbocycles. The van der Waals surface area contributed by atoms with Crippen molar-refractivity contribution in [3.63, 3.8) is 0 Å². The molecule has 0 bridgehead atoms. The number of carbonyl (C=O) groups is 1. The summed E-state index contributed by atoms with van der Waals surface area (Å²) in [6.07, 6.45) is 4.07. The zero-order valence-electron chi connectivity index (χ0n) is 14.8. The van der Waals surface area contributed by atoms with Gasteiger partial charge in [-0.05, 0) is 24.3 Å². The molecule has 140 valence electrons. The molecule has 1 saturated heterocycles. The molecule has 1 fully saturated rings. The maximum absolute atomic E-state index is 12.3. The Kier molecular flexibility index (Phi) is 5.45. The Morgan fingerprint density at radius 2 is 2.19 bits per heavy atom. The summed E-state index contributed by atoms with van der Waals surface area (Å²) in [4.78, 5) is 23.4. The van der Waals surface area contributed by atoms with Crippen LogP contribution < -0.4 is 10.2 Å². The fraction of sp³-hybridized carbons (Fsp3) is 0.316. The number of nitrogens with zero attached hydrogens (tertiary/aromatic N) is 3. The van der Waals surface area contributed by atoms with Crippen molar-refractivity contribution < 1.29 is 13.9 Å². The molecule has 27 heavy (non-hydrogen) atoms. The van der Waals surface area contributed by atoms with Crippen molar-refractivity contribution in [3.05, 3.63) is 53.6 Å². The fourth-order valence-corrected chi connectivity index (χ4v) is 3.67. The number of pyridine rings is 1. The first-order valence-corrected chi connectivity index (χ1v) is 9.73. The van der Waals surface area contributed by atoms with E-state index in [1.807, 2.05) is 24.3 Å². The number of morpholine rings is 1. The van der Waals surface area contributed by atoms with Crippen molar-refractivity contribution in [1.82, 2.24) is 15.3 Å². The first-order valence-electron chi connectivity index (χ1n) is 8.85. The molecule has 0 saturated carbocycles. The van der Waals surface area contributed by atoms with Crippen molar-refractivity contribution in [2.45, 2.75) is 6.42 Å². The van der Waals surface area contributed by atoms with Gasteiger partial charge in [0.2, 0.25) is 0 Å². The molecule has 0 atom stereocenters. The predicted molar refractivity (Wildman–Crippen MR) is 103 cm³/mol. The summed E-state index contributed by atoms with van der Waals surface area (Å²) >= 11 is 1.46. The Bertz CT molecular complexity index is 888. The highest BCUT2D eigenvalue weighted by Gasteiger charge is 2.15. The summed E-state index contributed by atoms with van der Waals surface area (Å²) in [6.45, 7) is 3.60. The van der Waals surface area contributed by atoms with Crippen molar-refractivity contribution in [1.29, 1.82) is 0 Å². The quantitative estimate of drug-likeness (QED) is 0.704. The van der Waals surface area contributed by atoms with Gasteiger partial charge in [0.15, 0.2) is 0 Å². The van der Waals surface area contributed by atoms with Crippen LogP contribution in [0.15, 0.2) is 46.5 Å². The van der Waals surface area contributed by atoms with Crippen molar-refractivity contribution in [2.75, 3.05) is 37.7 Å². The summed E-state index contributed by atoms with van der Waals surface area (Å²) in [5.41, 5.74) is 1.39. The lowest BCUT2D eigenvalue weighted by atomic mass is 10.2. The number of rotatable bonds is 6. The molecule has 1 amide bonds. The number of ether oxygens (including phenoxy) is 1. The normalized spacial score (nSPS) is 14.3. The van der Waals surface area contributed by atoms with E-state index in [2.05, 4.69) is 20.2 Å². The average Bonchev–Trinajstić information content (AvgIpc) is 3.41. The van der Waals surface area contributed by atoms with Gasteiger partial charge in [-0.2, -0.15) is 0 Å². The lowest BCUT2D eigenvalue weighted by molar-refractivity contribution is 0.0949. The fourth-order valence-electron chi connectivity index (χ4n) is 2.87. The molecule has 0 unspecified atom stereocenters. The summed E-state index contributed by atoms with van der Waals surface area (Å²) in [7, 11) is 0. The van der Waals surface area contributed by atoms with Crippen LogP contribution in [-0.2, 0) is 11.2 Å². The summed E-state index contributed by atoms with van der Waals surface area (Å²) in [6, 6.07) is 7.66. The number of amides is 1. The Morgan fingerprint density at radius 3 is 3.00 bits per heavy atom. The molecule has 3 aromatic rings. The van der Waals surface area contributed by atoms with Gasteiger partial charge in [0, 0.05) is 43.2 Å². The first kappa shape index (κ1) is 17.7. The number of hydrogen-bond donors (Lipinski definition) is 1. The largest absolute Gasteiger partial charge is 0.469 e. The highest BCUT2D eigenvalue weighted by atomic mass is 32.1. The van der Waals surface area contributed by atoms with Crippen LogP contribution >= 0.6 is 11.3 Å². The Balaban J connectivity index is 1.40. The van der Waals surface area contributed by atoms with E-state index in [9.17, 15) is 4.79 Å². The standard InChI is InChI=1S/C19H20N4O3S/c24-18(21-6-4-15-2-1-9-26-15)16-13-27-19(22-16)14-3-5-20-17(12-14)23-7-10-25-11-8-23/h1-3,5,9,12-13H,4,6-8,10-11H2,(H,21,24). The molecular weight excluding hydrogens is 364 g/mol. The second kappa shape index (κ2) is 8.32. The third-order valence-corrected chi connectivity index (χ3v) is 5.19. The molecular formula is C19H20N4O3S. The van der Waals surface area contributed by atoms with Crippen LogP contribution in [0.25, 0.3) is 10.6 Å². The zero-order chi connectivity index (χ0) is 18.5. The molecule has 4 heterocycles. The van der Waals surface area contributed by atoms with E-state index in [0.717, 1.165) is 35.2 Å². The second-order valence-corrected chi connectivity index (χ2v) is 6.98. The van der Waals surface area contributed by atoms with Gasteiger partial charge < -0.3 is 19.4 Å². The van der Waals surface area contributed by atoms with Crippen molar-refractivity contribution >= 4 is 23.1 Å². The molecule has 7 nitrogen and oxygen atoms in total. The second-order valence-electron chi connectivity index (χ2n) is 6.13. The Morgan fingerprint density at radius 1 is 1.30 bits per heavy atom. The average molecular weight is 384 g/mol. The summed E-state index contributed by atoms with van der Waals surface area (Å²) in [5, 5.41) is 5.47. The minimum absolute atomic E-state index is 0.175. The number of furan rings is 1. The van der Waals surface area contributed by atoms with Crippen LogP contribution in [0.4, 0.5) is 5.82 Å². The van der Waals surface area contributed by atoms with Crippen LogP contribution in [0.5, 0.6) is 0 Å². The van der Waals surface area contributed by atoms with Gasteiger partial charge in [-0.3, -0.25) is 4.79 Å². The highest BCUT2D eigenvalue weighted by Crippen LogP contribution is 2.26. The number of carbonyl (C=O) groups excluding carboxylic acids is 1. The molecule has 8 heteroatoms. The van der Waals surface area contributed by atoms with Crippen LogP contribution in [0, 0.1) is 0 Å². The molecule has 4 rings (SSSR count). The topological polar surface area (TPSA) is 80.5 Å². The summed E-state index contributed by atoms with van der Waals surface area (Å²) < 4.78 is 10.7. The number of anilines is 1. The molecule has 1 N–H and O–H groups in total. The van der Waals surface area contributed by atoms with E-state index >= 15 is 0 Å². The maximum Gasteiger partial charge on any atom is 0.270 e. The predicted octanol–water partition coefficient (Wildman–Crippen LogP) is 2.61. The maximum atomic E-state index is 12.3. The minimum atomic E-state index is -0.175. The lowest BCUT2D eigenvalue weighted by Crippen LogP contribution is -2.36. The summed E-state index contributed by atoms with van der Waals surface area (Å²) in [5.74, 6) is 1.59. The van der Waals surface area contributed by atoms with Crippen LogP contribution in [-0.4, -0.2) is 48.7 Å². The van der Waals surface area contributed by atoms with Crippen LogP contribution in [0.2, 0.25) is 0 Å². The molecule has 0 aliphatic carbocycles. The molecule has 0 spiro atoms. The van der Waals surface area contributed by atoms with Crippen LogP contribution in [0.1, 0.15) is 16.2 Å². The van der Waals surface area contributed by atoms with Gasteiger partial charge in [-0.15, -0.1) is 11.3 Å². The first-order chi connectivity index (χ1) is 13.3. The SMILES string of the molecule is O=C(NCCc1ccco1)c1csc(-c2ccnc(N3CCOCC3)c2)n1. The van der Waals surface area contributed by atoms with E-state index in [1.54, 1.807) is 17.8 Å². The number of thiazole rings is 1. The minimum Gasteiger partial charge on any atom is -0.469 e. The smallest absolute Gasteiger partial charge is 0.270 e. The van der Waals surface area contributed by atoms with Crippen molar-refractivity contribution in [2.24, 2.45) is 0 Å². The van der Waals surface area contributed by atoms with E-state index in [-0.39, 0.29) is 5.91 Å². The molecule has 0 radical (unpaired) electrons. The molecule has 3 aromatic heterocycles. The number of hydrogen-bond acceptors (Lipinski definition) is 7. The van der Waals surface area contributed by atoms with E-state index in [1.165, 1.54) is 11.3 Å². The molecule has 1 aliphatic rings. The van der Waals surface area contributed by atoms with Gasteiger partial charge in [-0.1, -0.05) is 0 Å². The zero-order valence-corrected chi connectivity index (χ0v) is 15.6. The Hall–Kier alpha value is -2.71. The number of aromatic nitrogens is 2. The highest BCUT2D eigenvalue weighted by molar-refractivity contribution is 7.13. The van der Waals surface area contributed by atoms with Crippen molar-refractivity contribution in [3.8, 4) is 10.6 Å². The van der Waals surface area contributed by atoms with Gasteiger partial charge in [0.1, 0.15) is 22.3 Å².